The van der Waals surface area contributed by atoms with E-state index in [2.05, 4.69) is 78.7 Å². The lowest BCUT2D eigenvalue weighted by Gasteiger charge is -2.11. The average molecular weight is 445 g/mol. The molecule has 0 saturated heterocycles. The summed E-state index contributed by atoms with van der Waals surface area (Å²) in [5, 5.41) is 14.3. The standard InChI is InChI=1S/C26H32N6O/c1-5-7-12-24-19(4)32(18(3)6-2)26(33)31(24)17-20-13-15-21(16-14-20)22-10-8-9-11-23(22)25-27-29-30-28-25/h8-11,13-16,18H,5-7,12,17H2,1-4H3,(H,27,28,29,30). The number of hydrogen-bond acceptors (Lipinski definition) is 4. The van der Waals surface area contributed by atoms with Crippen molar-refractivity contribution in [2.45, 2.75) is 66.0 Å². The Labute approximate surface area is 194 Å². The molecule has 7 heteroatoms. The van der Waals surface area contributed by atoms with Gasteiger partial charge in [0.1, 0.15) is 0 Å². The Morgan fingerprint density at radius 1 is 1.03 bits per heavy atom. The normalized spacial score (nSPS) is 12.2. The van der Waals surface area contributed by atoms with Gasteiger partial charge >= 0.3 is 5.69 Å². The first-order chi connectivity index (χ1) is 16.0. The zero-order chi connectivity index (χ0) is 23.4. The van der Waals surface area contributed by atoms with Gasteiger partial charge < -0.3 is 0 Å². The monoisotopic (exact) mass is 444 g/mol. The summed E-state index contributed by atoms with van der Waals surface area (Å²) in [5.74, 6) is 0.642. The Morgan fingerprint density at radius 3 is 2.39 bits per heavy atom. The highest BCUT2D eigenvalue weighted by Gasteiger charge is 2.19. The lowest BCUT2D eigenvalue weighted by molar-refractivity contribution is 0.496. The maximum atomic E-state index is 13.3. The van der Waals surface area contributed by atoms with E-state index in [4.69, 9.17) is 0 Å². The van der Waals surface area contributed by atoms with Crippen molar-refractivity contribution in [3.8, 4) is 22.5 Å². The van der Waals surface area contributed by atoms with E-state index >= 15 is 0 Å². The molecule has 0 saturated carbocycles. The molecular formula is C26H32N6O. The highest BCUT2D eigenvalue weighted by Crippen LogP contribution is 2.30. The number of nitrogens with zero attached hydrogens (tertiary/aromatic N) is 5. The SMILES string of the molecule is CCCCc1c(C)n(C(C)CC)c(=O)n1Cc1ccc(-c2ccccc2-c2nnn[nH]2)cc1. The molecule has 4 rings (SSSR count). The first-order valence-corrected chi connectivity index (χ1v) is 11.8. The molecule has 2 aromatic carbocycles. The molecule has 0 aliphatic rings. The molecule has 1 unspecified atom stereocenters. The van der Waals surface area contributed by atoms with Gasteiger partial charge in [0.2, 0.25) is 0 Å². The fourth-order valence-corrected chi connectivity index (χ4v) is 4.44. The van der Waals surface area contributed by atoms with Gasteiger partial charge in [0.05, 0.1) is 6.54 Å². The van der Waals surface area contributed by atoms with Crippen LogP contribution in [0.25, 0.3) is 22.5 Å². The van der Waals surface area contributed by atoms with Crippen molar-refractivity contribution in [1.29, 1.82) is 0 Å². The summed E-state index contributed by atoms with van der Waals surface area (Å²) in [7, 11) is 0. The van der Waals surface area contributed by atoms with E-state index in [0.717, 1.165) is 59.3 Å². The molecule has 0 spiro atoms. The van der Waals surface area contributed by atoms with Crippen molar-refractivity contribution < 1.29 is 0 Å². The maximum absolute atomic E-state index is 13.3. The molecule has 0 fully saturated rings. The molecular weight excluding hydrogens is 412 g/mol. The Morgan fingerprint density at radius 2 is 1.76 bits per heavy atom. The molecule has 0 radical (unpaired) electrons. The Kier molecular flexibility index (Phi) is 6.87. The van der Waals surface area contributed by atoms with Crippen molar-refractivity contribution in [1.82, 2.24) is 29.8 Å². The van der Waals surface area contributed by atoms with E-state index in [1.165, 1.54) is 0 Å². The second-order valence-electron chi connectivity index (χ2n) is 8.62. The molecule has 0 amide bonds. The summed E-state index contributed by atoms with van der Waals surface area (Å²) in [5.41, 5.74) is 6.57. The summed E-state index contributed by atoms with van der Waals surface area (Å²) >= 11 is 0. The minimum Gasteiger partial charge on any atom is -0.294 e. The van der Waals surface area contributed by atoms with Crippen molar-refractivity contribution in [2.75, 3.05) is 0 Å². The molecule has 0 bridgehead atoms. The third-order valence-electron chi connectivity index (χ3n) is 6.47. The van der Waals surface area contributed by atoms with E-state index < -0.39 is 0 Å². The smallest absolute Gasteiger partial charge is 0.294 e. The van der Waals surface area contributed by atoms with Crippen LogP contribution in [-0.4, -0.2) is 29.8 Å². The Hall–Kier alpha value is -3.48. The van der Waals surface area contributed by atoms with Gasteiger partial charge in [-0.05, 0) is 60.2 Å². The number of nitrogens with one attached hydrogen (secondary N) is 1. The van der Waals surface area contributed by atoms with E-state index in [9.17, 15) is 4.79 Å². The molecule has 2 aromatic heterocycles. The molecule has 4 aromatic rings. The summed E-state index contributed by atoms with van der Waals surface area (Å²) in [6, 6.07) is 16.7. The minimum atomic E-state index is 0.0974. The van der Waals surface area contributed by atoms with Crippen LogP contribution in [0, 0.1) is 6.92 Å². The molecule has 172 valence electrons. The topological polar surface area (TPSA) is 81.4 Å². The molecule has 1 atom stereocenters. The van der Waals surface area contributed by atoms with Crippen LogP contribution >= 0.6 is 0 Å². The molecule has 2 heterocycles. The van der Waals surface area contributed by atoms with Crippen molar-refractivity contribution >= 4 is 0 Å². The first-order valence-electron chi connectivity index (χ1n) is 11.8. The van der Waals surface area contributed by atoms with E-state index in [0.29, 0.717) is 12.4 Å². The Balaban J connectivity index is 1.67. The zero-order valence-corrected chi connectivity index (χ0v) is 19.9. The first kappa shape index (κ1) is 22.7. The van der Waals surface area contributed by atoms with Crippen LogP contribution in [-0.2, 0) is 13.0 Å². The number of aromatic nitrogens is 6. The number of imidazole rings is 1. The van der Waals surface area contributed by atoms with Crippen molar-refractivity contribution in [3.05, 3.63) is 76.0 Å². The van der Waals surface area contributed by atoms with Crippen LogP contribution in [0.15, 0.2) is 53.3 Å². The molecule has 0 aliphatic heterocycles. The number of hydrogen-bond donors (Lipinski definition) is 1. The molecule has 0 aliphatic carbocycles. The molecule has 7 nitrogen and oxygen atoms in total. The number of rotatable bonds is 9. The number of unbranched alkanes of at least 4 members (excludes halogenated alkanes) is 1. The van der Waals surface area contributed by atoms with Gasteiger partial charge in [-0.15, -0.1) is 5.10 Å². The van der Waals surface area contributed by atoms with Gasteiger partial charge in [-0.1, -0.05) is 68.8 Å². The molecule has 33 heavy (non-hydrogen) atoms. The van der Waals surface area contributed by atoms with Crippen LogP contribution < -0.4 is 5.69 Å². The van der Waals surface area contributed by atoms with Crippen LogP contribution in [0.5, 0.6) is 0 Å². The van der Waals surface area contributed by atoms with Crippen LogP contribution in [0.3, 0.4) is 0 Å². The van der Waals surface area contributed by atoms with Crippen LogP contribution in [0.4, 0.5) is 0 Å². The average Bonchev–Trinajstić information content (AvgIpc) is 3.45. The second kappa shape index (κ2) is 9.98. The van der Waals surface area contributed by atoms with Crippen LogP contribution in [0.1, 0.15) is 63.0 Å². The van der Waals surface area contributed by atoms with E-state index in [-0.39, 0.29) is 11.7 Å². The number of H-pyrrole nitrogens is 1. The van der Waals surface area contributed by atoms with Gasteiger partial charge in [-0.3, -0.25) is 9.13 Å². The number of benzene rings is 2. The van der Waals surface area contributed by atoms with Crippen molar-refractivity contribution in [2.24, 2.45) is 0 Å². The third kappa shape index (κ3) is 4.53. The highest BCUT2D eigenvalue weighted by molar-refractivity contribution is 5.80. The second-order valence-corrected chi connectivity index (χ2v) is 8.62. The highest BCUT2D eigenvalue weighted by atomic mass is 16.1. The van der Waals surface area contributed by atoms with Crippen LogP contribution in [0.2, 0.25) is 0 Å². The quantitative estimate of drug-likeness (QED) is 0.386. The lowest BCUT2D eigenvalue weighted by Crippen LogP contribution is -2.27. The largest absolute Gasteiger partial charge is 0.329 e. The number of tetrazole rings is 1. The lowest BCUT2D eigenvalue weighted by atomic mass is 9.98. The Bertz CT molecular complexity index is 1250. The summed E-state index contributed by atoms with van der Waals surface area (Å²) in [6.07, 6.45) is 4.05. The van der Waals surface area contributed by atoms with Gasteiger partial charge in [0, 0.05) is 23.0 Å². The van der Waals surface area contributed by atoms with Gasteiger partial charge in [-0.25, -0.2) is 9.89 Å². The summed E-state index contributed by atoms with van der Waals surface area (Å²) < 4.78 is 3.95. The summed E-state index contributed by atoms with van der Waals surface area (Å²) in [6.45, 7) is 9.11. The van der Waals surface area contributed by atoms with Gasteiger partial charge in [0.15, 0.2) is 5.82 Å². The third-order valence-corrected chi connectivity index (χ3v) is 6.47. The predicted octanol–water partition coefficient (Wildman–Crippen LogP) is 5.17. The number of aromatic amines is 1. The van der Waals surface area contributed by atoms with E-state index in [1.807, 2.05) is 27.3 Å². The van der Waals surface area contributed by atoms with E-state index in [1.54, 1.807) is 0 Å². The van der Waals surface area contributed by atoms with Crippen molar-refractivity contribution in [3.63, 3.8) is 0 Å². The minimum absolute atomic E-state index is 0.0974. The summed E-state index contributed by atoms with van der Waals surface area (Å²) in [4.78, 5) is 13.3. The van der Waals surface area contributed by atoms with Gasteiger partial charge in [-0.2, -0.15) is 0 Å². The van der Waals surface area contributed by atoms with Gasteiger partial charge in [0.25, 0.3) is 0 Å². The zero-order valence-electron chi connectivity index (χ0n) is 19.9. The molecule has 1 N–H and O–H groups in total. The maximum Gasteiger partial charge on any atom is 0.329 e. The fourth-order valence-electron chi connectivity index (χ4n) is 4.44. The predicted molar refractivity (Wildman–Crippen MR) is 131 cm³/mol. The fraction of sp³-hybridized carbons (Fsp3) is 0.385.